The lowest BCUT2D eigenvalue weighted by atomic mass is 10.1. The number of rotatable bonds is 4. The van der Waals surface area contributed by atoms with Crippen LogP contribution in [0.4, 0.5) is 0 Å². The molecule has 1 atom stereocenters. The van der Waals surface area contributed by atoms with Crippen molar-refractivity contribution in [3.63, 3.8) is 0 Å². The highest BCUT2D eigenvalue weighted by atomic mass is 15.4. The monoisotopic (exact) mass is 358 g/mol. The molecule has 1 N–H and O–H groups in total. The summed E-state index contributed by atoms with van der Waals surface area (Å²) in [5, 5.41) is 13.7. The second-order valence-electron chi connectivity index (χ2n) is 6.62. The largest absolute Gasteiger partial charge is 0.344 e. The second-order valence-corrected chi connectivity index (χ2v) is 6.62. The Labute approximate surface area is 154 Å². The van der Waals surface area contributed by atoms with Crippen LogP contribution in [0.1, 0.15) is 17.2 Å². The highest BCUT2D eigenvalue weighted by molar-refractivity contribution is 5.56. The Morgan fingerprint density at radius 2 is 2.07 bits per heavy atom. The number of aromatic amines is 1. The topological polar surface area (TPSA) is 89.0 Å². The van der Waals surface area contributed by atoms with E-state index >= 15 is 0 Å². The summed E-state index contributed by atoms with van der Waals surface area (Å²) in [7, 11) is 1.90. The van der Waals surface area contributed by atoms with Crippen molar-refractivity contribution in [1.29, 1.82) is 0 Å². The van der Waals surface area contributed by atoms with E-state index in [0.717, 1.165) is 27.7 Å². The summed E-state index contributed by atoms with van der Waals surface area (Å²) in [5.74, 6) is 0. The van der Waals surface area contributed by atoms with Crippen LogP contribution < -0.4 is 10.8 Å². The number of nitrogens with one attached hydrogen (secondary N) is 1. The zero-order chi connectivity index (χ0) is 18.2. The molecule has 0 spiro atoms. The number of aryl methyl sites for hydroxylation is 1. The smallest absolute Gasteiger partial charge is 0.151 e. The fourth-order valence-corrected chi connectivity index (χ4v) is 3.29. The minimum atomic E-state index is -0.0277. The van der Waals surface area contributed by atoms with Crippen molar-refractivity contribution in [3.8, 4) is 11.3 Å². The Bertz CT molecular complexity index is 1200. The zero-order valence-electron chi connectivity index (χ0n) is 14.8. The van der Waals surface area contributed by atoms with Crippen LogP contribution >= 0.6 is 0 Å². The van der Waals surface area contributed by atoms with Gasteiger partial charge in [-0.05, 0) is 5.56 Å². The molecule has 1 aliphatic rings. The van der Waals surface area contributed by atoms with Crippen LogP contribution in [0.15, 0.2) is 65.1 Å². The van der Waals surface area contributed by atoms with Crippen molar-refractivity contribution in [1.82, 2.24) is 29.8 Å². The van der Waals surface area contributed by atoms with E-state index in [-0.39, 0.29) is 6.04 Å². The minimum absolute atomic E-state index is 0.0277. The third-order valence-electron chi connectivity index (χ3n) is 4.65. The molecule has 0 fully saturated rings. The molecule has 4 heterocycles. The summed E-state index contributed by atoms with van der Waals surface area (Å²) in [6.45, 7) is 1.29. The highest BCUT2D eigenvalue weighted by Crippen LogP contribution is 2.19. The molecule has 5 rings (SSSR count). The quantitative estimate of drug-likeness (QED) is 0.591. The standard InChI is InChI=1S/C19H18N8/c1-26-11-14(7-22-26)16-9-21-19-18(23-16)15(8-20-19)17-12-27(25-24-17)10-13-5-3-2-4-6-13/h2-8,11-12,16H,9-10H2,1H3,(H,20,21). The van der Waals surface area contributed by atoms with Gasteiger partial charge in [0.15, 0.2) is 5.49 Å². The van der Waals surface area contributed by atoms with Crippen LogP contribution in [0, 0.1) is 0 Å². The van der Waals surface area contributed by atoms with Crippen LogP contribution in [0.5, 0.6) is 0 Å². The molecule has 1 unspecified atom stereocenters. The maximum Gasteiger partial charge on any atom is 0.151 e. The van der Waals surface area contributed by atoms with Gasteiger partial charge in [-0.1, -0.05) is 35.5 Å². The van der Waals surface area contributed by atoms with E-state index in [1.54, 1.807) is 4.68 Å². The van der Waals surface area contributed by atoms with Gasteiger partial charge >= 0.3 is 0 Å². The molecule has 0 saturated heterocycles. The summed E-state index contributed by atoms with van der Waals surface area (Å²) in [4.78, 5) is 12.7. The number of H-pyrrole nitrogens is 1. The summed E-state index contributed by atoms with van der Waals surface area (Å²) < 4.78 is 3.62. The first kappa shape index (κ1) is 15.7. The minimum Gasteiger partial charge on any atom is -0.344 e. The highest BCUT2D eigenvalue weighted by Gasteiger charge is 2.18. The van der Waals surface area contributed by atoms with Crippen LogP contribution in [0.2, 0.25) is 0 Å². The Kier molecular flexibility index (Phi) is 3.67. The molecule has 4 aromatic rings. The van der Waals surface area contributed by atoms with E-state index < -0.39 is 0 Å². The van der Waals surface area contributed by atoms with E-state index in [0.29, 0.717) is 13.1 Å². The molecule has 8 nitrogen and oxygen atoms in total. The molecule has 1 aliphatic heterocycles. The molecule has 3 aromatic heterocycles. The summed E-state index contributed by atoms with van der Waals surface area (Å²) in [6.07, 6.45) is 7.67. The zero-order valence-corrected chi connectivity index (χ0v) is 14.8. The number of benzene rings is 1. The molecule has 0 saturated carbocycles. The lowest BCUT2D eigenvalue weighted by molar-refractivity contribution is 0.650. The fourth-order valence-electron chi connectivity index (χ4n) is 3.29. The summed E-state index contributed by atoms with van der Waals surface area (Å²) in [5.41, 5.74) is 4.74. The first-order valence-corrected chi connectivity index (χ1v) is 8.79. The molecule has 1 aromatic carbocycles. The molecule has 0 radical (unpaired) electrons. The molecule has 0 amide bonds. The van der Waals surface area contributed by atoms with Gasteiger partial charge < -0.3 is 4.98 Å². The van der Waals surface area contributed by atoms with E-state index in [1.165, 1.54) is 5.56 Å². The molecule has 0 bridgehead atoms. The van der Waals surface area contributed by atoms with Crippen molar-refractivity contribution in [2.45, 2.75) is 12.6 Å². The van der Waals surface area contributed by atoms with Gasteiger partial charge in [0.25, 0.3) is 0 Å². The normalized spacial score (nSPS) is 15.8. The van der Waals surface area contributed by atoms with E-state index in [4.69, 9.17) is 4.99 Å². The number of hydrogen-bond acceptors (Lipinski definition) is 5. The lowest BCUT2D eigenvalue weighted by Gasteiger charge is -2.09. The van der Waals surface area contributed by atoms with Crippen LogP contribution in [0.25, 0.3) is 11.3 Å². The summed E-state index contributed by atoms with van der Waals surface area (Å²) >= 11 is 0. The van der Waals surface area contributed by atoms with Gasteiger partial charge in [0.1, 0.15) is 11.1 Å². The Morgan fingerprint density at radius 1 is 1.19 bits per heavy atom. The van der Waals surface area contributed by atoms with Gasteiger partial charge in [-0.15, -0.1) is 5.10 Å². The summed E-state index contributed by atoms with van der Waals surface area (Å²) in [6, 6.07) is 10.2. The van der Waals surface area contributed by atoms with Crippen LogP contribution in [0.3, 0.4) is 0 Å². The van der Waals surface area contributed by atoms with Crippen LogP contribution in [-0.2, 0) is 13.6 Å². The lowest BCUT2D eigenvalue weighted by Crippen LogP contribution is -2.30. The third kappa shape index (κ3) is 2.95. The SMILES string of the molecule is Cn1cc(C2CN=c3[nH]cc(-c4cn(Cc5ccccc5)nn4)c3=N2)cn1. The van der Waals surface area contributed by atoms with Crippen molar-refractivity contribution >= 4 is 0 Å². The molecule has 27 heavy (non-hydrogen) atoms. The molecule has 0 aliphatic carbocycles. The Morgan fingerprint density at radius 3 is 2.89 bits per heavy atom. The molecular formula is C19H18N8. The van der Waals surface area contributed by atoms with Gasteiger partial charge in [0.2, 0.25) is 0 Å². The van der Waals surface area contributed by atoms with Crippen molar-refractivity contribution in [2.75, 3.05) is 6.54 Å². The number of hydrogen-bond donors (Lipinski definition) is 1. The number of nitrogens with zero attached hydrogens (tertiary/aromatic N) is 7. The van der Waals surface area contributed by atoms with Gasteiger partial charge in [-0.2, -0.15) is 5.10 Å². The van der Waals surface area contributed by atoms with E-state index in [9.17, 15) is 0 Å². The average Bonchev–Trinajstić information content (AvgIpc) is 3.41. The molecule has 8 heteroatoms. The maximum atomic E-state index is 4.90. The van der Waals surface area contributed by atoms with E-state index in [2.05, 4.69) is 37.5 Å². The van der Waals surface area contributed by atoms with Gasteiger partial charge in [0, 0.05) is 30.6 Å². The average molecular weight is 358 g/mol. The molecular weight excluding hydrogens is 340 g/mol. The van der Waals surface area contributed by atoms with Gasteiger partial charge in [-0.3, -0.25) is 14.7 Å². The Hall–Kier alpha value is -3.55. The van der Waals surface area contributed by atoms with Gasteiger partial charge in [0.05, 0.1) is 31.5 Å². The third-order valence-corrected chi connectivity index (χ3v) is 4.65. The predicted molar refractivity (Wildman–Crippen MR) is 98.5 cm³/mol. The predicted octanol–water partition coefficient (Wildman–Crippen LogP) is 1.05. The van der Waals surface area contributed by atoms with Gasteiger partial charge in [-0.25, -0.2) is 4.68 Å². The second kappa shape index (κ2) is 6.31. The fraction of sp³-hybridized carbons (Fsp3) is 0.211. The van der Waals surface area contributed by atoms with Crippen molar-refractivity contribution in [2.24, 2.45) is 17.0 Å². The molecule has 134 valence electrons. The number of aromatic nitrogens is 6. The van der Waals surface area contributed by atoms with Crippen LogP contribution in [-0.4, -0.2) is 36.3 Å². The first-order valence-electron chi connectivity index (χ1n) is 8.79. The maximum absolute atomic E-state index is 4.90. The number of fused-ring (bicyclic) bond motifs is 1. The Balaban J connectivity index is 1.49. The van der Waals surface area contributed by atoms with E-state index in [1.807, 2.05) is 54.7 Å². The first-order chi connectivity index (χ1) is 13.3. The van der Waals surface area contributed by atoms with Crippen molar-refractivity contribution < 1.29 is 0 Å². The van der Waals surface area contributed by atoms with Crippen molar-refractivity contribution in [3.05, 3.63) is 77.1 Å².